The number of carbonyl (C=O) groups excluding carboxylic acids is 1. The zero-order chi connectivity index (χ0) is 14.4. The first-order valence-corrected chi connectivity index (χ1v) is 7.24. The normalized spacial score (nSPS) is 12.7. The lowest BCUT2D eigenvalue weighted by Gasteiger charge is -2.27. The van der Waals surface area contributed by atoms with Crippen LogP contribution in [0, 0.1) is 0 Å². The first-order valence-electron chi connectivity index (χ1n) is 7.24. The Morgan fingerprint density at radius 1 is 1.32 bits per heavy atom. The molecule has 1 aromatic rings. The zero-order valence-electron chi connectivity index (χ0n) is 12.7. The van der Waals surface area contributed by atoms with Crippen LogP contribution in [0.5, 0.6) is 0 Å². The van der Waals surface area contributed by atoms with Crippen LogP contribution in [0.3, 0.4) is 0 Å². The number of rotatable bonds is 7. The smallest absolute Gasteiger partial charge is 0.293 e. The molecular formula is C14H26N4O. The summed E-state index contributed by atoms with van der Waals surface area (Å²) in [6.45, 7) is 11.1. The van der Waals surface area contributed by atoms with Crippen LogP contribution in [0.4, 0.5) is 0 Å². The van der Waals surface area contributed by atoms with Crippen molar-refractivity contribution in [1.82, 2.24) is 20.1 Å². The summed E-state index contributed by atoms with van der Waals surface area (Å²) < 4.78 is 0. The summed E-state index contributed by atoms with van der Waals surface area (Å²) in [5.74, 6) is 1.25. The Balaban J connectivity index is 2.84. The third-order valence-electron chi connectivity index (χ3n) is 3.38. The van der Waals surface area contributed by atoms with Crippen LogP contribution >= 0.6 is 0 Å². The topological polar surface area (TPSA) is 61.9 Å². The van der Waals surface area contributed by atoms with Crippen molar-refractivity contribution >= 4 is 5.91 Å². The molecule has 108 valence electrons. The number of aromatic amines is 1. The van der Waals surface area contributed by atoms with Crippen LogP contribution in [-0.2, 0) is 0 Å². The molecule has 0 aliphatic heterocycles. The van der Waals surface area contributed by atoms with Gasteiger partial charge in [-0.2, -0.15) is 0 Å². The van der Waals surface area contributed by atoms with Gasteiger partial charge in [0.15, 0.2) is 0 Å². The number of unbranched alkanes of at least 4 members (excludes halogenated alkanes) is 1. The minimum atomic E-state index is -0.0639. The van der Waals surface area contributed by atoms with Gasteiger partial charge in [-0.25, -0.2) is 4.98 Å². The first-order chi connectivity index (χ1) is 9.01. The fourth-order valence-corrected chi connectivity index (χ4v) is 1.83. The number of nitrogens with zero attached hydrogens (tertiary/aromatic N) is 3. The second-order valence-electron chi connectivity index (χ2n) is 5.31. The fraction of sp³-hybridized carbons (Fsp3) is 0.786. The highest BCUT2D eigenvalue weighted by Gasteiger charge is 2.23. The highest BCUT2D eigenvalue weighted by Crippen LogP contribution is 2.12. The van der Waals surface area contributed by atoms with Crippen LogP contribution in [0.15, 0.2) is 0 Å². The van der Waals surface area contributed by atoms with E-state index in [1.165, 1.54) is 0 Å². The Hall–Kier alpha value is -1.39. The molecule has 19 heavy (non-hydrogen) atoms. The summed E-state index contributed by atoms with van der Waals surface area (Å²) in [5, 5.41) is 6.90. The fourth-order valence-electron chi connectivity index (χ4n) is 1.83. The Morgan fingerprint density at radius 3 is 2.47 bits per heavy atom. The quantitative estimate of drug-likeness (QED) is 0.825. The van der Waals surface area contributed by atoms with E-state index in [2.05, 4.69) is 36.0 Å². The van der Waals surface area contributed by atoms with Crippen molar-refractivity contribution in [2.45, 2.75) is 65.8 Å². The van der Waals surface area contributed by atoms with Gasteiger partial charge in [0.1, 0.15) is 5.82 Å². The predicted octanol–water partition coefficient (Wildman–Crippen LogP) is 2.97. The number of H-pyrrole nitrogens is 1. The van der Waals surface area contributed by atoms with Crippen LogP contribution < -0.4 is 0 Å². The Morgan fingerprint density at radius 2 is 2.00 bits per heavy atom. The molecule has 1 aromatic heterocycles. The second-order valence-corrected chi connectivity index (χ2v) is 5.31. The molecule has 1 amide bonds. The lowest BCUT2D eigenvalue weighted by Crippen LogP contribution is -2.39. The van der Waals surface area contributed by atoms with Crippen LogP contribution in [0.25, 0.3) is 0 Å². The lowest BCUT2D eigenvalue weighted by atomic mass is 10.2. The number of nitrogens with one attached hydrogen (secondary N) is 1. The van der Waals surface area contributed by atoms with E-state index in [0.717, 1.165) is 31.6 Å². The third kappa shape index (κ3) is 4.04. The van der Waals surface area contributed by atoms with Gasteiger partial charge < -0.3 is 4.90 Å². The van der Waals surface area contributed by atoms with Crippen molar-refractivity contribution in [2.24, 2.45) is 0 Å². The summed E-state index contributed by atoms with van der Waals surface area (Å²) in [5.41, 5.74) is 0. The number of hydrogen-bond acceptors (Lipinski definition) is 3. The molecule has 1 heterocycles. The molecule has 1 rings (SSSR count). The second kappa shape index (κ2) is 7.26. The summed E-state index contributed by atoms with van der Waals surface area (Å²) in [7, 11) is 0. The van der Waals surface area contributed by atoms with Crippen molar-refractivity contribution < 1.29 is 4.79 Å². The van der Waals surface area contributed by atoms with E-state index in [0.29, 0.717) is 5.82 Å². The molecule has 0 saturated heterocycles. The van der Waals surface area contributed by atoms with Crippen LogP contribution in [0.1, 0.15) is 76.2 Å². The van der Waals surface area contributed by atoms with Crippen molar-refractivity contribution in [3.8, 4) is 0 Å². The van der Waals surface area contributed by atoms with Crippen molar-refractivity contribution in [2.75, 3.05) is 6.54 Å². The number of carbonyl (C=O) groups is 1. The van der Waals surface area contributed by atoms with Crippen LogP contribution in [-0.4, -0.2) is 38.6 Å². The third-order valence-corrected chi connectivity index (χ3v) is 3.38. The molecular weight excluding hydrogens is 240 g/mol. The standard InChI is InChI=1S/C14H26N4O/c1-6-8-9-18(11(5)7-2)14(19)13-15-12(10(3)4)16-17-13/h10-11H,6-9H2,1-5H3,(H,15,16,17). The molecule has 5 heteroatoms. The van der Waals surface area contributed by atoms with E-state index in [9.17, 15) is 4.79 Å². The van der Waals surface area contributed by atoms with Gasteiger partial charge in [0.2, 0.25) is 5.82 Å². The predicted molar refractivity (Wildman–Crippen MR) is 76.2 cm³/mol. The van der Waals surface area contributed by atoms with Crippen molar-refractivity contribution in [1.29, 1.82) is 0 Å². The van der Waals surface area contributed by atoms with E-state index in [-0.39, 0.29) is 17.9 Å². The lowest BCUT2D eigenvalue weighted by molar-refractivity contribution is 0.0673. The minimum absolute atomic E-state index is 0.0639. The van der Waals surface area contributed by atoms with Crippen molar-refractivity contribution in [3.63, 3.8) is 0 Å². The molecule has 1 N–H and O–H groups in total. The minimum Gasteiger partial charge on any atom is -0.333 e. The summed E-state index contributed by atoms with van der Waals surface area (Å²) in [6, 6.07) is 0.222. The number of aromatic nitrogens is 3. The molecule has 0 bridgehead atoms. The Bertz CT molecular complexity index is 400. The molecule has 1 unspecified atom stereocenters. The van der Waals surface area contributed by atoms with Gasteiger partial charge in [-0.05, 0) is 19.8 Å². The molecule has 0 fully saturated rings. The monoisotopic (exact) mass is 266 g/mol. The molecule has 5 nitrogen and oxygen atoms in total. The molecule has 0 radical (unpaired) electrons. The average molecular weight is 266 g/mol. The number of amides is 1. The summed E-state index contributed by atoms with van der Waals surface area (Å²) >= 11 is 0. The highest BCUT2D eigenvalue weighted by atomic mass is 16.2. The molecule has 0 aliphatic rings. The van der Waals surface area contributed by atoms with Gasteiger partial charge in [0.05, 0.1) is 0 Å². The first kappa shape index (κ1) is 15.7. The van der Waals surface area contributed by atoms with Gasteiger partial charge in [0, 0.05) is 18.5 Å². The molecule has 0 aliphatic carbocycles. The van der Waals surface area contributed by atoms with Crippen molar-refractivity contribution in [3.05, 3.63) is 11.6 Å². The summed E-state index contributed by atoms with van der Waals surface area (Å²) in [6.07, 6.45) is 3.03. The van der Waals surface area contributed by atoms with E-state index >= 15 is 0 Å². The maximum Gasteiger partial charge on any atom is 0.293 e. The molecule has 0 saturated carbocycles. The SMILES string of the molecule is CCCCN(C(=O)c1n[nH]c(C(C)C)n1)C(C)CC. The van der Waals surface area contributed by atoms with E-state index in [4.69, 9.17) is 0 Å². The average Bonchev–Trinajstić information content (AvgIpc) is 2.88. The maximum absolute atomic E-state index is 12.5. The summed E-state index contributed by atoms with van der Waals surface area (Å²) in [4.78, 5) is 18.7. The van der Waals surface area contributed by atoms with Gasteiger partial charge in [-0.3, -0.25) is 9.89 Å². The highest BCUT2D eigenvalue weighted by molar-refractivity contribution is 5.90. The van der Waals surface area contributed by atoms with Gasteiger partial charge in [-0.15, -0.1) is 5.10 Å². The Labute approximate surface area is 115 Å². The van der Waals surface area contributed by atoms with Gasteiger partial charge in [-0.1, -0.05) is 34.1 Å². The number of hydrogen-bond donors (Lipinski definition) is 1. The van der Waals surface area contributed by atoms with E-state index in [1.807, 2.05) is 18.7 Å². The zero-order valence-corrected chi connectivity index (χ0v) is 12.7. The largest absolute Gasteiger partial charge is 0.333 e. The molecule has 0 aromatic carbocycles. The Kier molecular flexibility index (Phi) is 5.99. The van der Waals surface area contributed by atoms with Gasteiger partial charge >= 0.3 is 0 Å². The molecule has 0 spiro atoms. The molecule has 1 atom stereocenters. The maximum atomic E-state index is 12.5. The van der Waals surface area contributed by atoms with Crippen LogP contribution in [0.2, 0.25) is 0 Å². The van der Waals surface area contributed by atoms with E-state index < -0.39 is 0 Å². The van der Waals surface area contributed by atoms with E-state index in [1.54, 1.807) is 0 Å². The van der Waals surface area contributed by atoms with Gasteiger partial charge in [0.25, 0.3) is 5.91 Å².